The lowest BCUT2D eigenvalue weighted by Gasteiger charge is -2.21. The van der Waals surface area contributed by atoms with E-state index in [1.165, 1.54) is 4.31 Å². The molecule has 1 aliphatic rings. The number of amides is 1. The molecule has 1 amide bonds. The van der Waals surface area contributed by atoms with Gasteiger partial charge >= 0.3 is 0 Å². The van der Waals surface area contributed by atoms with Crippen LogP contribution in [0.3, 0.4) is 0 Å². The number of aryl methyl sites for hydroxylation is 1. The van der Waals surface area contributed by atoms with Gasteiger partial charge in [0, 0.05) is 32.4 Å². The van der Waals surface area contributed by atoms with Crippen LogP contribution in [0.15, 0.2) is 71.9 Å². The van der Waals surface area contributed by atoms with Crippen molar-refractivity contribution < 1.29 is 13.2 Å². The van der Waals surface area contributed by atoms with Crippen LogP contribution in [0.2, 0.25) is 0 Å². The van der Waals surface area contributed by atoms with Crippen LogP contribution in [-0.2, 0) is 16.6 Å². The van der Waals surface area contributed by atoms with Crippen LogP contribution < -0.4 is 0 Å². The summed E-state index contributed by atoms with van der Waals surface area (Å²) < 4.78 is 29.2. The normalized spacial score (nSPS) is 15.6. The maximum absolute atomic E-state index is 13.0. The lowest BCUT2D eigenvalue weighted by molar-refractivity contribution is 0.0764. The maximum Gasteiger partial charge on any atom is 0.257 e. The number of rotatable bonds is 5. The summed E-state index contributed by atoms with van der Waals surface area (Å²) in [6.07, 6.45) is 3.92. The fourth-order valence-electron chi connectivity index (χ4n) is 3.71. The van der Waals surface area contributed by atoms with E-state index in [-0.39, 0.29) is 12.5 Å². The van der Waals surface area contributed by atoms with Gasteiger partial charge in [-0.15, -0.1) is 0 Å². The van der Waals surface area contributed by atoms with Crippen molar-refractivity contribution in [1.29, 1.82) is 0 Å². The molecule has 4 rings (SSSR count). The zero-order valence-electron chi connectivity index (χ0n) is 17.5. The molecular formula is C23H26N4O3S. The Morgan fingerprint density at radius 2 is 1.71 bits per heavy atom. The summed E-state index contributed by atoms with van der Waals surface area (Å²) in [5, 5.41) is 4.31. The van der Waals surface area contributed by atoms with Gasteiger partial charge in [-0.05, 0) is 31.0 Å². The van der Waals surface area contributed by atoms with Crippen molar-refractivity contribution >= 4 is 15.9 Å². The van der Waals surface area contributed by atoms with Crippen LogP contribution in [0.5, 0.6) is 0 Å². The van der Waals surface area contributed by atoms with E-state index in [0.717, 1.165) is 11.1 Å². The summed E-state index contributed by atoms with van der Waals surface area (Å²) in [5.41, 5.74) is 2.64. The summed E-state index contributed by atoms with van der Waals surface area (Å²) in [5.74, 6) is -0.117. The van der Waals surface area contributed by atoms with Gasteiger partial charge in [0.15, 0.2) is 0 Å². The number of hydrogen-bond acceptors (Lipinski definition) is 4. The summed E-state index contributed by atoms with van der Waals surface area (Å²) in [4.78, 5) is 15.0. The number of sulfonamides is 1. The molecule has 7 nitrogen and oxygen atoms in total. The molecule has 0 bridgehead atoms. The molecule has 0 radical (unpaired) electrons. The molecule has 1 aromatic heterocycles. The molecule has 8 heteroatoms. The average Bonchev–Trinajstić information content (AvgIpc) is 3.08. The Morgan fingerprint density at radius 1 is 0.968 bits per heavy atom. The molecule has 0 N–H and O–H groups in total. The van der Waals surface area contributed by atoms with E-state index in [4.69, 9.17) is 0 Å². The molecule has 3 aromatic rings. The zero-order chi connectivity index (χ0) is 21.8. The first-order valence-corrected chi connectivity index (χ1v) is 11.8. The second-order valence-corrected chi connectivity index (χ2v) is 9.71. The fraction of sp³-hybridized carbons (Fsp3) is 0.304. The molecule has 1 fully saturated rings. The van der Waals surface area contributed by atoms with Gasteiger partial charge in [0.2, 0.25) is 10.0 Å². The van der Waals surface area contributed by atoms with Crippen LogP contribution in [-0.4, -0.2) is 59.5 Å². The van der Waals surface area contributed by atoms with E-state index in [9.17, 15) is 13.2 Å². The molecule has 0 saturated carbocycles. The average molecular weight is 439 g/mol. The molecule has 1 aliphatic heterocycles. The number of benzene rings is 2. The topological polar surface area (TPSA) is 75.5 Å². The SMILES string of the molecule is Cc1ccc(S(=O)(=O)N2CCCN(C(=O)c3cnn(Cc4ccccc4)c3)CC2)cc1. The highest BCUT2D eigenvalue weighted by Gasteiger charge is 2.28. The largest absolute Gasteiger partial charge is 0.337 e. The van der Waals surface area contributed by atoms with Crippen molar-refractivity contribution in [3.8, 4) is 0 Å². The van der Waals surface area contributed by atoms with Gasteiger partial charge in [-0.2, -0.15) is 9.40 Å². The molecule has 0 spiro atoms. The highest BCUT2D eigenvalue weighted by molar-refractivity contribution is 7.89. The monoisotopic (exact) mass is 438 g/mol. The molecule has 31 heavy (non-hydrogen) atoms. The minimum atomic E-state index is -3.57. The molecule has 2 aromatic carbocycles. The minimum Gasteiger partial charge on any atom is -0.337 e. The van der Waals surface area contributed by atoms with Gasteiger partial charge in [0.05, 0.1) is 23.2 Å². The van der Waals surface area contributed by atoms with Crippen molar-refractivity contribution in [3.05, 3.63) is 83.7 Å². The van der Waals surface area contributed by atoms with Gasteiger partial charge in [-0.3, -0.25) is 9.48 Å². The van der Waals surface area contributed by atoms with Gasteiger partial charge in [-0.25, -0.2) is 8.42 Å². The second-order valence-electron chi connectivity index (χ2n) is 7.78. The van der Waals surface area contributed by atoms with E-state index >= 15 is 0 Å². The molecule has 2 heterocycles. The van der Waals surface area contributed by atoms with Crippen LogP contribution in [0, 0.1) is 6.92 Å². The Bertz CT molecular complexity index is 1140. The first-order valence-electron chi connectivity index (χ1n) is 10.4. The Hall–Kier alpha value is -2.97. The van der Waals surface area contributed by atoms with E-state index in [0.29, 0.717) is 43.1 Å². The third-order valence-electron chi connectivity index (χ3n) is 5.47. The van der Waals surface area contributed by atoms with Gasteiger partial charge in [0.1, 0.15) is 0 Å². The first kappa shape index (κ1) is 21.3. The van der Waals surface area contributed by atoms with Gasteiger partial charge in [-0.1, -0.05) is 48.0 Å². The lowest BCUT2D eigenvalue weighted by Crippen LogP contribution is -2.37. The summed E-state index contributed by atoms with van der Waals surface area (Å²) in [6.45, 7) is 4.06. The van der Waals surface area contributed by atoms with E-state index in [1.54, 1.807) is 46.2 Å². The van der Waals surface area contributed by atoms with Crippen molar-refractivity contribution in [2.75, 3.05) is 26.2 Å². The number of nitrogens with zero attached hydrogens (tertiary/aromatic N) is 4. The van der Waals surface area contributed by atoms with Crippen LogP contribution in [0.1, 0.15) is 27.9 Å². The van der Waals surface area contributed by atoms with Gasteiger partial charge < -0.3 is 4.90 Å². The molecule has 162 valence electrons. The van der Waals surface area contributed by atoms with Gasteiger partial charge in [0.25, 0.3) is 5.91 Å². The molecule has 0 aliphatic carbocycles. The molecule has 0 unspecified atom stereocenters. The highest BCUT2D eigenvalue weighted by Crippen LogP contribution is 2.19. The Kier molecular flexibility index (Phi) is 6.20. The van der Waals surface area contributed by atoms with Crippen LogP contribution in [0.4, 0.5) is 0 Å². The lowest BCUT2D eigenvalue weighted by atomic mass is 10.2. The van der Waals surface area contributed by atoms with Crippen LogP contribution in [0.25, 0.3) is 0 Å². The molecule has 0 atom stereocenters. The summed E-state index contributed by atoms with van der Waals surface area (Å²) >= 11 is 0. The van der Waals surface area contributed by atoms with Crippen molar-refractivity contribution in [1.82, 2.24) is 19.0 Å². The third kappa shape index (κ3) is 4.86. The van der Waals surface area contributed by atoms with Crippen LogP contribution >= 0.6 is 0 Å². The number of aromatic nitrogens is 2. The van der Waals surface area contributed by atoms with E-state index < -0.39 is 10.0 Å². The summed E-state index contributed by atoms with van der Waals surface area (Å²) in [6, 6.07) is 16.8. The quantitative estimate of drug-likeness (QED) is 0.614. The predicted molar refractivity (Wildman–Crippen MR) is 118 cm³/mol. The number of carbonyl (C=O) groups excluding carboxylic acids is 1. The highest BCUT2D eigenvalue weighted by atomic mass is 32.2. The fourth-order valence-corrected chi connectivity index (χ4v) is 5.18. The molecule has 1 saturated heterocycles. The third-order valence-corrected chi connectivity index (χ3v) is 7.38. The van der Waals surface area contributed by atoms with E-state index in [1.807, 2.05) is 37.3 Å². The first-order chi connectivity index (χ1) is 14.9. The Morgan fingerprint density at radius 3 is 2.45 bits per heavy atom. The Labute approximate surface area is 183 Å². The number of carbonyl (C=O) groups is 1. The van der Waals surface area contributed by atoms with E-state index in [2.05, 4.69) is 5.10 Å². The second kappa shape index (κ2) is 9.03. The maximum atomic E-state index is 13.0. The standard InChI is InChI=1S/C23H26N4O3S/c1-19-8-10-22(11-9-19)31(29,30)27-13-5-12-25(14-15-27)23(28)21-16-24-26(18-21)17-20-6-3-2-4-7-20/h2-4,6-11,16,18H,5,12-15,17H2,1H3. The van der Waals surface area contributed by atoms with Crippen molar-refractivity contribution in [2.45, 2.75) is 24.8 Å². The minimum absolute atomic E-state index is 0.117. The Balaban J connectivity index is 1.41. The molecular weight excluding hydrogens is 412 g/mol. The summed E-state index contributed by atoms with van der Waals surface area (Å²) in [7, 11) is -3.57. The number of hydrogen-bond donors (Lipinski definition) is 0. The van der Waals surface area contributed by atoms with Crippen molar-refractivity contribution in [3.63, 3.8) is 0 Å². The van der Waals surface area contributed by atoms with Crippen molar-refractivity contribution in [2.24, 2.45) is 0 Å². The zero-order valence-corrected chi connectivity index (χ0v) is 18.3. The predicted octanol–water partition coefficient (Wildman–Crippen LogP) is 2.78. The smallest absolute Gasteiger partial charge is 0.257 e.